The summed E-state index contributed by atoms with van der Waals surface area (Å²) in [5, 5.41) is 15.3. The number of rotatable bonds is 6. The summed E-state index contributed by atoms with van der Waals surface area (Å²) >= 11 is 31.1. The van der Waals surface area contributed by atoms with Crippen molar-refractivity contribution in [1.29, 1.82) is 0 Å². The fourth-order valence-corrected chi connectivity index (χ4v) is 5.16. The number of carbonyl (C=O) groups is 2. The third-order valence-corrected chi connectivity index (χ3v) is 6.89. The minimum absolute atomic E-state index is 0.110. The van der Waals surface area contributed by atoms with Gasteiger partial charge in [0.15, 0.2) is 0 Å². The minimum Gasteiger partial charge on any atom is -0.326 e. The van der Waals surface area contributed by atoms with Crippen LogP contribution in [0.2, 0.25) is 15.1 Å². The van der Waals surface area contributed by atoms with Gasteiger partial charge in [-0.15, -0.1) is 23.2 Å². The van der Waals surface area contributed by atoms with Crippen LogP contribution in [0, 0.1) is 5.92 Å². The number of carbonyl (C=O) groups excluding carboxylic acids is 2. The molecule has 0 unspecified atom stereocenters. The van der Waals surface area contributed by atoms with E-state index in [1.807, 2.05) is 5.48 Å². The first-order chi connectivity index (χ1) is 16.1. The summed E-state index contributed by atoms with van der Waals surface area (Å²) in [5.41, 5.74) is 3.63. The van der Waals surface area contributed by atoms with E-state index in [0.29, 0.717) is 27.0 Å². The maximum Gasteiger partial charge on any atom is 0.257 e. The Hall–Kier alpha value is -2.26. The van der Waals surface area contributed by atoms with Crippen molar-refractivity contribution >= 4 is 86.9 Å². The van der Waals surface area contributed by atoms with Crippen LogP contribution < -0.4 is 16.1 Å². The van der Waals surface area contributed by atoms with E-state index in [4.69, 9.17) is 63.2 Å². The SMILES string of the molecule is O=C(Nc1cncc(NO)c1)c1cc(NC(=O)[C@H]2[C@H](c3cc(Cl)cc(Cl)c3)C2(Cl)Cl)ccc1Cl. The normalized spacial score (nSPS) is 18.2. The van der Waals surface area contributed by atoms with Gasteiger partial charge in [0.25, 0.3) is 5.91 Å². The molecule has 4 N–H and O–H groups in total. The van der Waals surface area contributed by atoms with Crippen LogP contribution in [0.15, 0.2) is 54.9 Å². The zero-order valence-corrected chi connectivity index (χ0v) is 20.7. The number of amides is 2. The van der Waals surface area contributed by atoms with Gasteiger partial charge in [-0.1, -0.05) is 34.8 Å². The Labute approximate surface area is 219 Å². The van der Waals surface area contributed by atoms with Gasteiger partial charge in [0.2, 0.25) is 5.91 Å². The minimum atomic E-state index is -1.34. The number of nitrogens with one attached hydrogen (secondary N) is 3. The third-order valence-electron chi connectivity index (χ3n) is 5.18. The predicted octanol–water partition coefficient (Wildman–Crippen LogP) is 6.62. The zero-order valence-electron chi connectivity index (χ0n) is 17.0. The van der Waals surface area contributed by atoms with Gasteiger partial charge in [-0.3, -0.25) is 25.3 Å². The summed E-state index contributed by atoms with van der Waals surface area (Å²) in [7, 11) is 0. The first-order valence-corrected chi connectivity index (χ1v) is 11.6. The molecule has 0 bridgehead atoms. The van der Waals surface area contributed by atoms with Crippen LogP contribution in [0.5, 0.6) is 0 Å². The highest BCUT2D eigenvalue weighted by molar-refractivity contribution is 6.53. The van der Waals surface area contributed by atoms with E-state index < -0.39 is 28.0 Å². The Morgan fingerprint density at radius 3 is 2.24 bits per heavy atom. The molecule has 34 heavy (non-hydrogen) atoms. The Balaban J connectivity index is 1.50. The van der Waals surface area contributed by atoms with Gasteiger partial charge >= 0.3 is 0 Å². The average molecular weight is 561 g/mol. The monoisotopic (exact) mass is 558 g/mol. The smallest absolute Gasteiger partial charge is 0.257 e. The maximum absolute atomic E-state index is 13.0. The molecule has 3 aromatic rings. The van der Waals surface area contributed by atoms with Crippen LogP contribution in [-0.2, 0) is 4.79 Å². The number of pyridine rings is 1. The van der Waals surface area contributed by atoms with Crippen molar-refractivity contribution < 1.29 is 14.8 Å². The number of benzene rings is 2. The standard InChI is InChI=1S/C22H15Cl5N4O3/c23-11-3-10(4-12(24)5-11)18-19(22(18,26)27)21(33)29-13-1-2-17(25)16(7-13)20(32)30-14-6-15(31-34)9-28-8-14/h1-9,18-19,31,34H,(H,29,33)(H,30,32)/t18-,19+/m0/s1. The molecule has 1 aliphatic rings. The lowest BCUT2D eigenvalue weighted by molar-refractivity contribution is -0.117. The number of anilines is 3. The van der Waals surface area contributed by atoms with E-state index >= 15 is 0 Å². The Bertz CT molecular complexity index is 1270. The molecule has 1 saturated carbocycles. The molecule has 176 valence electrons. The Morgan fingerprint density at radius 1 is 0.882 bits per heavy atom. The summed E-state index contributed by atoms with van der Waals surface area (Å²) in [5.74, 6) is -2.26. The van der Waals surface area contributed by atoms with Gasteiger partial charge in [0.1, 0.15) is 4.33 Å². The van der Waals surface area contributed by atoms with Gasteiger partial charge in [0, 0.05) is 21.7 Å². The van der Waals surface area contributed by atoms with Crippen LogP contribution in [0.25, 0.3) is 0 Å². The van der Waals surface area contributed by atoms with Crippen LogP contribution >= 0.6 is 58.0 Å². The third kappa shape index (κ3) is 5.20. The Morgan fingerprint density at radius 2 is 1.56 bits per heavy atom. The van der Waals surface area contributed by atoms with Crippen molar-refractivity contribution in [1.82, 2.24) is 4.98 Å². The summed E-state index contributed by atoms with van der Waals surface area (Å²) in [6.07, 6.45) is 2.77. The second kappa shape index (κ2) is 9.77. The second-order valence-corrected chi connectivity index (χ2v) is 10.3. The van der Waals surface area contributed by atoms with Crippen molar-refractivity contribution in [2.24, 2.45) is 5.92 Å². The van der Waals surface area contributed by atoms with Crippen LogP contribution in [0.3, 0.4) is 0 Å². The molecule has 4 rings (SSSR count). The molecule has 1 aliphatic carbocycles. The van der Waals surface area contributed by atoms with Crippen molar-refractivity contribution in [3.05, 3.63) is 81.1 Å². The molecule has 0 spiro atoms. The van der Waals surface area contributed by atoms with Crippen LogP contribution in [0.1, 0.15) is 21.8 Å². The van der Waals surface area contributed by atoms with Gasteiger partial charge in [-0.05, 0) is 48.0 Å². The first kappa shape index (κ1) is 24.9. The fraction of sp³-hybridized carbons (Fsp3) is 0.136. The molecular formula is C22H15Cl5N4O3. The zero-order chi connectivity index (χ0) is 24.6. The molecule has 12 heteroatoms. The van der Waals surface area contributed by atoms with Gasteiger partial charge in [-0.2, -0.15) is 0 Å². The topological polar surface area (TPSA) is 103 Å². The quantitative estimate of drug-likeness (QED) is 0.200. The highest BCUT2D eigenvalue weighted by Crippen LogP contribution is 2.65. The molecule has 2 aromatic carbocycles. The van der Waals surface area contributed by atoms with Gasteiger partial charge < -0.3 is 10.6 Å². The lowest BCUT2D eigenvalue weighted by atomic mass is 10.1. The summed E-state index contributed by atoms with van der Waals surface area (Å²) < 4.78 is -1.34. The van der Waals surface area contributed by atoms with E-state index in [2.05, 4.69) is 15.6 Å². The fourth-order valence-electron chi connectivity index (χ4n) is 3.59. The highest BCUT2D eigenvalue weighted by Gasteiger charge is 2.67. The highest BCUT2D eigenvalue weighted by atomic mass is 35.5. The number of hydrogen-bond donors (Lipinski definition) is 4. The lowest BCUT2D eigenvalue weighted by Gasteiger charge is -2.11. The number of nitrogens with zero attached hydrogens (tertiary/aromatic N) is 1. The van der Waals surface area contributed by atoms with E-state index in [1.54, 1.807) is 24.3 Å². The number of hydrogen-bond acceptors (Lipinski definition) is 5. The van der Waals surface area contributed by atoms with E-state index in [0.717, 1.165) is 0 Å². The van der Waals surface area contributed by atoms with Crippen molar-refractivity contribution in [2.75, 3.05) is 16.1 Å². The van der Waals surface area contributed by atoms with E-state index in [9.17, 15) is 9.59 Å². The van der Waals surface area contributed by atoms with Gasteiger partial charge in [0.05, 0.1) is 40.3 Å². The molecule has 0 aliphatic heterocycles. The average Bonchev–Trinajstić information content (AvgIpc) is 3.36. The van der Waals surface area contributed by atoms with Crippen LogP contribution in [-0.4, -0.2) is 26.3 Å². The molecule has 0 radical (unpaired) electrons. The Kier molecular flexibility index (Phi) is 7.14. The van der Waals surface area contributed by atoms with Crippen LogP contribution in [0.4, 0.5) is 17.1 Å². The predicted molar refractivity (Wildman–Crippen MR) is 135 cm³/mol. The molecular weight excluding hydrogens is 546 g/mol. The number of aromatic nitrogens is 1. The molecule has 7 nitrogen and oxygen atoms in total. The van der Waals surface area contributed by atoms with Gasteiger partial charge in [-0.25, -0.2) is 0 Å². The molecule has 0 saturated heterocycles. The van der Waals surface area contributed by atoms with Crippen molar-refractivity contribution in [2.45, 2.75) is 10.3 Å². The largest absolute Gasteiger partial charge is 0.326 e. The molecule has 2 atom stereocenters. The lowest BCUT2D eigenvalue weighted by Crippen LogP contribution is -2.18. The molecule has 1 fully saturated rings. The first-order valence-electron chi connectivity index (χ1n) is 9.71. The molecule has 2 amide bonds. The second-order valence-electron chi connectivity index (χ2n) is 7.54. The summed E-state index contributed by atoms with van der Waals surface area (Å²) in [6, 6.07) is 10.8. The molecule has 1 heterocycles. The summed E-state index contributed by atoms with van der Waals surface area (Å²) in [4.78, 5) is 29.6. The molecule has 1 aromatic heterocycles. The number of halogens is 5. The maximum atomic E-state index is 13.0. The van der Waals surface area contributed by atoms with E-state index in [1.165, 1.54) is 30.6 Å². The number of alkyl halides is 2. The van der Waals surface area contributed by atoms with E-state index in [-0.39, 0.29) is 16.3 Å². The van der Waals surface area contributed by atoms with Crippen molar-refractivity contribution in [3.8, 4) is 0 Å². The summed E-state index contributed by atoms with van der Waals surface area (Å²) in [6.45, 7) is 0. The van der Waals surface area contributed by atoms with Crippen molar-refractivity contribution in [3.63, 3.8) is 0 Å².